The summed E-state index contributed by atoms with van der Waals surface area (Å²) >= 11 is 6.08. The summed E-state index contributed by atoms with van der Waals surface area (Å²) in [5, 5.41) is 4.49. The van der Waals surface area contributed by atoms with Crippen LogP contribution in [0.4, 0.5) is 0 Å². The maximum atomic E-state index is 6.08. The molecule has 2 rings (SSSR count). The van der Waals surface area contributed by atoms with Crippen LogP contribution in [0.1, 0.15) is 30.9 Å². The lowest BCUT2D eigenvalue weighted by Gasteiger charge is -2.31. The Hall–Kier alpha value is -0.570. The fraction of sp³-hybridized carbons (Fsp3) is 0.600. The van der Waals surface area contributed by atoms with Gasteiger partial charge in [-0.05, 0) is 62.7 Å². The van der Waals surface area contributed by atoms with Gasteiger partial charge in [0.25, 0.3) is 0 Å². The molecule has 1 aliphatic rings. The third kappa shape index (κ3) is 3.98. The molecule has 1 aromatic carbocycles. The molecular weight excluding hydrogens is 244 g/mol. The van der Waals surface area contributed by atoms with E-state index in [0.717, 1.165) is 11.6 Å². The molecule has 1 aliphatic heterocycles. The molecule has 1 fully saturated rings. The number of nitrogens with zero attached hydrogens (tertiary/aromatic N) is 1. The highest BCUT2D eigenvalue weighted by Gasteiger charge is 2.17. The Kier molecular flexibility index (Phi) is 5.04. The Balaban J connectivity index is 1.81. The molecular formula is C15H23ClN2. The van der Waals surface area contributed by atoms with E-state index in [9.17, 15) is 0 Å². The van der Waals surface area contributed by atoms with Crippen molar-refractivity contribution in [3.63, 3.8) is 0 Å². The summed E-state index contributed by atoms with van der Waals surface area (Å²) in [7, 11) is 0. The standard InChI is InChI=1S/C15H23ClN2/c1-3-18-6-4-15(5-7-18)17-11-13-8-12(2)9-14(16)10-13/h8-10,15,17H,3-7,11H2,1-2H3. The minimum Gasteiger partial charge on any atom is -0.310 e. The van der Waals surface area contributed by atoms with E-state index in [1.165, 1.54) is 43.6 Å². The van der Waals surface area contributed by atoms with Gasteiger partial charge in [0, 0.05) is 17.6 Å². The van der Waals surface area contributed by atoms with Gasteiger partial charge in [0.15, 0.2) is 0 Å². The molecule has 0 amide bonds. The topological polar surface area (TPSA) is 15.3 Å². The van der Waals surface area contributed by atoms with Gasteiger partial charge < -0.3 is 10.2 Å². The van der Waals surface area contributed by atoms with Crippen molar-refractivity contribution in [2.45, 2.75) is 39.3 Å². The Morgan fingerprint density at radius 2 is 2.00 bits per heavy atom. The largest absolute Gasteiger partial charge is 0.310 e. The van der Waals surface area contributed by atoms with Gasteiger partial charge >= 0.3 is 0 Å². The van der Waals surface area contributed by atoms with Crippen molar-refractivity contribution in [1.82, 2.24) is 10.2 Å². The van der Waals surface area contributed by atoms with E-state index < -0.39 is 0 Å². The van der Waals surface area contributed by atoms with Gasteiger partial charge in [-0.25, -0.2) is 0 Å². The zero-order chi connectivity index (χ0) is 13.0. The van der Waals surface area contributed by atoms with Gasteiger partial charge in [0.1, 0.15) is 0 Å². The molecule has 1 N–H and O–H groups in total. The van der Waals surface area contributed by atoms with Crippen LogP contribution in [0, 0.1) is 6.92 Å². The number of hydrogen-bond acceptors (Lipinski definition) is 2. The Morgan fingerprint density at radius 1 is 1.28 bits per heavy atom. The van der Waals surface area contributed by atoms with Gasteiger partial charge in [-0.1, -0.05) is 24.6 Å². The van der Waals surface area contributed by atoms with Crippen molar-refractivity contribution in [2.24, 2.45) is 0 Å². The van der Waals surface area contributed by atoms with Gasteiger partial charge in [-0.3, -0.25) is 0 Å². The zero-order valence-electron chi connectivity index (χ0n) is 11.4. The Morgan fingerprint density at radius 3 is 2.61 bits per heavy atom. The number of likely N-dealkylation sites (tertiary alicyclic amines) is 1. The van der Waals surface area contributed by atoms with Gasteiger partial charge in [0.05, 0.1) is 0 Å². The van der Waals surface area contributed by atoms with Crippen molar-refractivity contribution in [3.05, 3.63) is 34.3 Å². The highest BCUT2D eigenvalue weighted by atomic mass is 35.5. The number of aryl methyl sites for hydroxylation is 1. The second-order valence-corrected chi connectivity index (χ2v) is 5.66. The summed E-state index contributed by atoms with van der Waals surface area (Å²) in [6.45, 7) is 8.89. The predicted octanol–water partition coefficient (Wildman–Crippen LogP) is 3.22. The third-order valence-electron chi connectivity index (χ3n) is 3.73. The van der Waals surface area contributed by atoms with Gasteiger partial charge in [-0.15, -0.1) is 0 Å². The summed E-state index contributed by atoms with van der Waals surface area (Å²) in [5.74, 6) is 0. The fourth-order valence-electron chi connectivity index (χ4n) is 2.63. The molecule has 0 aromatic heterocycles. The lowest BCUT2D eigenvalue weighted by Crippen LogP contribution is -2.42. The maximum absolute atomic E-state index is 6.08. The first-order valence-corrected chi connectivity index (χ1v) is 7.27. The highest BCUT2D eigenvalue weighted by Crippen LogP contribution is 2.15. The number of halogens is 1. The van der Waals surface area contributed by atoms with E-state index >= 15 is 0 Å². The van der Waals surface area contributed by atoms with Crippen LogP contribution < -0.4 is 5.32 Å². The molecule has 0 unspecified atom stereocenters. The van der Waals surface area contributed by atoms with Crippen molar-refractivity contribution in [3.8, 4) is 0 Å². The summed E-state index contributed by atoms with van der Waals surface area (Å²) in [6, 6.07) is 6.93. The third-order valence-corrected chi connectivity index (χ3v) is 3.95. The summed E-state index contributed by atoms with van der Waals surface area (Å²) < 4.78 is 0. The average molecular weight is 267 g/mol. The van der Waals surface area contributed by atoms with Crippen LogP contribution >= 0.6 is 11.6 Å². The normalized spacial score (nSPS) is 18.2. The summed E-state index contributed by atoms with van der Waals surface area (Å²) in [5.41, 5.74) is 2.53. The Bertz CT molecular complexity index is 364. The van der Waals surface area contributed by atoms with Crippen LogP contribution in [-0.4, -0.2) is 30.6 Å². The first-order chi connectivity index (χ1) is 8.67. The minimum absolute atomic E-state index is 0.659. The summed E-state index contributed by atoms with van der Waals surface area (Å²) in [4.78, 5) is 2.52. The number of benzene rings is 1. The van der Waals surface area contributed by atoms with Gasteiger partial charge in [0.2, 0.25) is 0 Å². The lowest BCUT2D eigenvalue weighted by atomic mass is 10.0. The maximum Gasteiger partial charge on any atom is 0.0411 e. The fourth-order valence-corrected chi connectivity index (χ4v) is 2.94. The van der Waals surface area contributed by atoms with E-state index in [4.69, 9.17) is 11.6 Å². The second kappa shape index (κ2) is 6.55. The van der Waals surface area contributed by atoms with Crippen LogP contribution in [0.2, 0.25) is 5.02 Å². The molecule has 2 nitrogen and oxygen atoms in total. The quantitative estimate of drug-likeness (QED) is 0.900. The average Bonchev–Trinajstić information content (AvgIpc) is 2.36. The van der Waals surface area contributed by atoms with Crippen LogP contribution in [0.5, 0.6) is 0 Å². The first-order valence-electron chi connectivity index (χ1n) is 6.89. The molecule has 1 saturated heterocycles. The highest BCUT2D eigenvalue weighted by molar-refractivity contribution is 6.30. The SMILES string of the molecule is CCN1CCC(NCc2cc(C)cc(Cl)c2)CC1. The molecule has 3 heteroatoms. The molecule has 0 bridgehead atoms. The molecule has 100 valence electrons. The monoisotopic (exact) mass is 266 g/mol. The van der Waals surface area contributed by atoms with E-state index in [1.54, 1.807) is 0 Å². The molecule has 0 spiro atoms. The minimum atomic E-state index is 0.659. The number of rotatable bonds is 4. The van der Waals surface area contributed by atoms with Crippen LogP contribution in [0.25, 0.3) is 0 Å². The predicted molar refractivity (Wildman–Crippen MR) is 78.2 cm³/mol. The number of piperidine rings is 1. The van der Waals surface area contributed by atoms with E-state index in [1.807, 2.05) is 6.07 Å². The molecule has 0 radical (unpaired) electrons. The second-order valence-electron chi connectivity index (χ2n) is 5.23. The van der Waals surface area contributed by atoms with Crippen LogP contribution in [0.3, 0.4) is 0 Å². The first kappa shape index (κ1) is 13.9. The zero-order valence-corrected chi connectivity index (χ0v) is 12.1. The molecule has 1 aromatic rings. The van der Waals surface area contributed by atoms with E-state index in [0.29, 0.717) is 6.04 Å². The van der Waals surface area contributed by atoms with Gasteiger partial charge in [-0.2, -0.15) is 0 Å². The van der Waals surface area contributed by atoms with Crippen molar-refractivity contribution in [1.29, 1.82) is 0 Å². The smallest absolute Gasteiger partial charge is 0.0411 e. The van der Waals surface area contributed by atoms with Crippen LogP contribution in [-0.2, 0) is 6.54 Å². The molecule has 18 heavy (non-hydrogen) atoms. The van der Waals surface area contributed by atoms with Crippen molar-refractivity contribution < 1.29 is 0 Å². The molecule has 0 aliphatic carbocycles. The Labute approximate surface area is 115 Å². The van der Waals surface area contributed by atoms with Crippen LogP contribution in [0.15, 0.2) is 18.2 Å². The molecule has 0 saturated carbocycles. The molecule has 0 atom stereocenters. The number of nitrogens with one attached hydrogen (secondary N) is 1. The van der Waals surface area contributed by atoms with Crippen molar-refractivity contribution >= 4 is 11.6 Å². The number of hydrogen-bond donors (Lipinski definition) is 1. The lowest BCUT2D eigenvalue weighted by molar-refractivity contribution is 0.206. The summed E-state index contributed by atoms with van der Waals surface area (Å²) in [6.07, 6.45) is 2.51. The van der Waals surface area contributed by atoms with Crippen molar-refractivity contribution in [2.75, 3.05) is 19.6 Å². The van der Waals surface area contributed by atoms with E-state index in [2.05, 4.69) is 36.2 Å². The van der Waals surface area contributed by atoms with E-state index in [-0.39, 0.29) is 0 Å². The molecule has 1 heterocycles.